The molecule has 0 saturated carbocycles. The Kier molecular flexibility index (Phi) is 4.37. The van der Waals surface area contributed by atoms with Crippen molar-refractivity contribution in [3.8, 4) is 0 Å². The summed E-state index contributed by atoms with van der Waals surface area (Å²) in [6.45, 7) is 1.29. The number of aryl methyl sites for hydroxylation is 1. The quantitative estimate of drug-likeness (QED) is 0.923. The van der Waals surface area contributed by atoms with Crippen molar-refractivity contribution < 1.29 is 9.18 Å². The van der Waals surface area contributed by atoms with Gasteiger partial charge in [-0.15, -0.1) is 0 Å². The van der Waals surface area contributed by atoms with Crippen molar-refractivity contribution in [2.24, 2.45) is 0 Å². The van der Waals surface area contributed by atoms with Gasteiger partial charge in [0.05, 0.1) is 0 Å². The van der Waals surface area contributed by atoms with Crippen LogP contribution >= 0.6 is 0 Å². The lowest BCUT2D eigenvalue weighted by molar-refractivity contribution is 0.246. The van der Waals surface area contributed by atoms with Crippen LogP contribution in [0.15, 0.2) is 48.5 Å². The standard InChI is InChI=1S/C18H19FN2O/c19-16-9-7-14(8-10-16)11-12-20-18(22)21-13-3-5-15-4-1-2-6-17(15)21/h1-2,4,6-10H,3,5,11-13H2,(H,20,22). The van der Waals surface area contributed by atoms with Gasteiger partial charge in [0.2, 0.25) is 0 Å². The van der Waals surface area contributed by atoms with E-state index in [0.29, 0.717) is 13.0 Å². The van der Waals surface area contributed by atoms with E-state index in [4.69, 9.17) is 0 Å². The summed E-state index contributed by atoms with van der Waals surface area (Å²) >= 11 is 0. The van der Waals surface area contributed by atoms with Gasteiger partial charge in [-0.05, 0) is 48.6 Å². The molecule has 0 atom stereocenters. The maximum Gasteiger partial charge on any atom is 0.321 e. The van der Waals surface area contributed by atoms with E-state index in [2.05, 4.69) is 11.4 Å². The lowest BCUT2D eigenvalue weighted by Crippen LogP contribution is -2.43. The number of anilines is 1. The number of hydrogen-bond donors (Lipinski definition) is 1. The van der Waals surface area contributed by atoms with Crippen molar-refractivity contribution in [3.05, 3.63) is 65.5 Å². The van der Waals surface area contributed by atoms with Gasteiger partial charge in [-0.3, -0.25) is 4.90 Å². The third-order valence-electron chi connectivity index (χ3n) is 3.96. The Labute approximate surface area is 129 Å². The number of para-hydroxylation sites is 1. The molecule has 114 valence electrons. The summed E-state index contributed by atoms with van der Waals surface area (Å²) in [5, 5.41) is 2.95. The Hall–Kier alpha value is -2.36. The van der Waals surface area contributed by atoms with Crippen molar-refractivity contribution >= 4 is 11.7 Å². The predicted octanol–water partition coefficient (Wildman–Crippen LogP) is 3.53. The van der Waals surface area contributed by atoms with Crippen LogP contribution in [0.5, 0.6) is 0 Å². The molecule has 1 heterocycles. The first-order chi connectivity index (χ1) is 10.7. The van der Waals surface area contributed by atoms with Crippen molar-refractivity contribution in [1.82, 2.24) is 5.32 Å². The van der Waals surface area contributed by atoms with E-state index in [0.717, 1.165) is 30.6 Å². The average molecular weight is 298 g/mol. The minimum Gasteiger partial charge on any atom is -0.337 e. The first kappa shape index (κ1) is 14.6. The van der Waals surface area contributed by atoms with E-state index in [1.165, 1.54) is 17.7 Å². The number of amides is 2. The first-order valence-electron chi connectivity index (χ1n) is 7.62. The molecular formula is C18H19FN2O. The molecule has 0 saturated heterocycles. The summed E-state index contributed by atoms with van der Waals surface area (Å²) in [5.74, 6) is -0.238. The maximum absolute atomic E-state index is 12.8. The highest BCUT2D eigenvalue weighted by Gasteiger charge is 2.21. The topological polar surface area (TPSA) is 32.3 Å². The minimum absolute atomic E-state index is 0.0609. The van der Waals surface area contributed by atoms with E-state index < -0.39 is 0 Å². The highest BCUT2D eigenvalue weighted by Crippen LogP contribution is 2.26. The number of urea groups is 1. The van der Waals surface area contributed by atoms with Gasteiger partial charge in [-0.25, -0.2) is 9.18 Å². The Morgan fingerprint density at radius 2 is 1.91 bits per heavy atom. The van der Waals surface area contributed by atoms with Crippen LogP contribution in [-0.2, 0) is 12.8 Å². The second-order valence-corrected chi connectivity index (χ2v) is 5.49. The summed E-state index contributed by atoms with van der Waals surface area (Å²) in [7, 11) is 0. The summed E-state index contributed by atoms with van der Waals surface area (Å²) in [6, 6.07) is 14.4. The van der Waals surface area contributed by atoms with Crippen LogP contribution in [0.3, 0.4) is 0 Å². The number of hydrogen-bond acceptors (Lipinski definition) is 1. The van der Waals surface area contributed by atoms with Crippen LogP contribution in [-0.4, -0.2) is 19.1 Å². The molecule has 1 aliphatic rings. The molecule has 22 heavy (non-hydrogen) atoms. The van der Waals surface area contributed by atoms with Crippen molar-refractivity contribution in [1.29, 1.82) is 0 Å². The van der Waals surface area contributed by atoms with Gasteiger partial charge in [0.1, 0.15) is 5.82 Å². The van der Waals surface area contributed by atoms with Crippen LogP contribution in [0, 0.1) is 5.82 Å². The summed E-state index contributed by atoms with van der Waals surface area (Å²) in [5.41, 5.74) is 3.25. The zero-order valence-electron chi connectivity index (χ0n) is 12.4. The van der Waals surface area contributed by atoms with E-state index in [1.54, 1.807) is 12.1 Å². The number of nitrogens with zero attached hydrogens (tertiary/aromatic N) is 1. The van der Waals surface area contributed by atoms with Gasteiger partial charge >= 0.3 is 6.03 Å². The molecule has 4 heteroatoms. The Balaban J connectivity index is 1.58. The SMILES string of the molecule is O=C(NCCc1ccc(F)cc1)N1CCCc2ccccc21. The monoisotopic (exact) mass is 298 g/mol. The molecule has 0 bridgehead atoms. The molecule has 2 aromatic carbocycles. The van der Waals surface area contributed by atoms with Crippen molar-refractivity contribution in [2.45, 2.75) is 19.3 Å². The third-order valence-corrected chi connectivity index (χ3v) is 3.96. The number of benzene rings is 2. The molecule has 3 nitrogen and oxygen atoms in total. The molecule has 0 unspecified atom stereocenters. The van der Waals surface area contributed by atoms with Gasteiger partial charge in [-0.1, -0.05) is 30.3 Å². The summed E-state index contributed by atoms with van der Waals surface area (Å²) in [4.78, 5) is 14.2. The number of fused-ring (bicyclic) bond motifs is 1. The molecule has 3 rings (SSSR count). The minimum atomic E-state index is -0.238. The number of nitrogens with one attached hydrogen (secondary N) is 1. The smallest absolute Gasteiger partial charge is 0.321 e. The van der Waals surface area contributed by atoms with Crippen LogP contribution in [0.2, 0.25) is 0 Å². The highest BCUT2D eigenvalue weighted by molar-refractivity contribution is 5.93. The molecule has 1 N–H and O–H groups in total. The van der Waals surface area contributed by atoms with E-state index >= 15 is 0 Å². The molecular weight excluding hydrogens is 279 g/mol. The summed E-state index contributed by atoms with van der Waals surface area (Å²) < 4.78 is 12.8. The fraction of sp³-hybridized carbons (Fsp3) is 0.278. The van der Waals surface area contributed by atoms with E-state index in [-0.39, 0.29) is 11.8 Å². The largest absolute Gasteiger partial charge is 0.337 e. The number of rotatable bonds is 3. The van der Waals surface area contributed by atoms with Crippen molar-refractivity contribution in [2.75, 3.05) is 18.0 Å². The maximum atomic E-state index is 12.8. The third kappa shape index (κ3) is 3.27. The number of halogens is 1. The fourth-order valence-electron chi connectivity index (χ4n) is 2.80. The zero-order valence-corrected chi connectivity index (χ0v) is 12.4. The molecule has 2 aromatic rings. The molecule has 0 fully saturated rings. The second kappa shape index (κ2) is 6.60. The van der Waals surface area contributed by atoms with Crippen LogP contribution in [0.25, 0.3) is 0 Å². The normalized spacial score (nSPS) is 13.6. The molecule has 0 aliphatic carbocycles. The van der Waals surface area contributed by atoms with Gasteiger partial charge in [-0.2, -0.15) is 0 Å². The summed E-state index contributed by atoms with van der Waals surface area (Å²) in [6.07, 6.45) is 2.71. The molecule has 1 aliphatic heterocycles. The zero-order chi connectivity index (χ0) is 15.4. The lowest BCUT2D eigenvalue weighted by atomic mass is 10.0. The van der Waals surface area contributed by atoms with E-state index in [1.807, 2.05) is 23.1 Å². The van der Waals surface area contributed by atoms with Crippen molar-refractivity contribution in [3.63, 3.8) is 0 Å². The van der Waals surface area contributed by atoms with Gasteiger partial charge in [0.25, 0.3) is 0 Å². The molecule has 0 spiro atoms. The van der Waals surface area contributed by atoms with Crippen LogP contribution in [0.4, 0.5) is 14.9 Å². The average Bonchev–Trinajstić information content (AvgIpc) is 2.56. The number of carbonyl (C=O) groups excluding carboxylic acids is 1. The van der Waals surface area contributed by atoms with Gasteiger partial charge in [0, 0.05) is 18.8 Å². The number of carbonyl (C=O) groups is 1. The van der Waals surface area contributed by atoms with Gasteiger partial charge < -0.3 is 5.32 Å². The Morgan fingerprint density at radius 3 is 2.73 bits per heavy atom. The highest BCUT2D eigenvalue weighted by atomic mass is 19.1. The molecule has 0 aromatic heterocycles. The van der Waals surface area contributed by atoms with E-state index in [9.17, 15) is 9.18 Å². The van der Waals surface area contributed by atoms with Crippen LogP contribution in [0.1, 0.15) is 17.5 Å². The lowest BCUT2D eigenvalue weighted by Gasteiger charge is -2.29. The Bertz CT molecular complexity index is 654. The van der Waals surface area contributed by atoms with Gasteiger partial charge in [0.15, 0.2) is 0 Å². The molecule has 2 amide bonds. The second-order valence-electron chi connectivity index (χ2n) is 5.49. The Morgan fingerprint density at radius 1 is 1.14 bits per heavy atom. The first-order valence-corrected chi connectivity index (χ1v) is 7.62. The van der Waals surface area contributed by atoms with Crippen LogP contribution < -0.4 is 10.2 Å². The fourth-order valence-corrected chi connectivity index (χ4v) is 2.80. The predicted molar refractivity (Wildman–Crippen MR) is 85.6 cm³/mol. The molecule has 0 radical (unpaired) electrons.